The van der Waals surface area contributed by atoms with Gasteiger partial charge in [-0.25, -0.2) is 8.78 Å². The predicted octanol–water partition coefficient (Wildman–Crippen LogP) is 2.55. The van der Waals surface area contributed by atoms with Crippen LogP contribution in [0, 0.1) is 11.6 Å². The van der Waals surface area contributed by atoms with Crippen LogP contribution < -0.4 is 5.73 Å². The fraction of sp³-hybridized carbons (Fsp3) is 0. The zero-order chi connectivity index (χ0) is 10.8. The standard InChI is InChI=1S/C8H5F2N3S2/c9-4-1-2-6(5(10)3-4)14-8-12-7(11)15-13-8/h1-3H,(H2,11,12,13). The number of rotatable bonds is 2. The van der Waals surface area contributed by atoms with Gasteiger partial charge in [0.05, 0.1) is 4.90 Å². The summed E-state index contributed by atoms with van der Waals surface area (Å²) in [6.45, 7) is 0. The second-order valence-corrected chi connectivity index (χ2v) is 4.38. The summed E-state index contributed by atoms with van der Waals surface area (Å²) in [5.41, 5.74) is 5.37. The normalized spacial score (nSPS) is 10.5. The molecule has 0 unspecified atom stereocenters. The molecule has 2 rings (SSSR count). The van der Waals surface area contributed by atoms with Gasteiger partial charge in [-0.2, -0.15) is 9.36 Å². The fourth-order valence-electron chi connectivity index (χ4n) is 0.919. The highest BCUT2D eigenvalue weighted by molar-refractivity contribution is 7.99. The third-order valence-corrected chi connectivity index (χ3v) is 3.09. The predicted molar refractivity (Wildman–Crippen MR) is 54.8 cm³/mol. The summed E-state index contributed by atoms with van der Waals surface area (Å²) in [5, 5.41) is 0.683. The first kappa shape index (κ1) is 10.3. The zero-order valence-corrected chi connectivity index (χ0v) is 8.91. The van der Waals surface area contributed by atoms with Crippen LogP contribution in [0.15, 0.2) is 28.3 Å². The molecule has 0 aliphatic rings. The lowest BCUT2D eigenvalue weighted by Crippen LogP contribution is -1.85. The number of halogens is 2. The molecule has 0 aliphatic heterocycles. The topological polar surface area (TPSA) is 51.8 Å². The van der Waals surface area contributed by atoms with Crippen LogP contribution in [0.3, 0.4) is 0 Å². The Bertz CT molecular complexity index is 486. The summed E-state index contributed by atoms with van der Waals surface area (Å²) in [4.78, 5) is 4.13. The zero-order valence-electron chi connectivity index (χ0n) is 7.28. The Morgan fingerprint density at radius 3 is 2.73 bits per heavy atom. The molecule has 3 nitrogen and oxygen atoms in total. The molecule has 0 amide bonds. The SMILES string of the molecule is Nc1nc(Sc2ccc(F)cc2F)ns1. The van der Waals surface area contributed by atoms with E-state index in [1.165, 1.54) is 12.1 Å². The maximum atomic E-state index is 13.2. The highest BCUT2D eigenvalue weighted by Crippen LogP contribution is 2.29. The maximum absolute atomic E-state index is 13.2. The van der Waals surface area contributed by atoms with Crippen LogP contribution in [-0.2, 0) is 0 Å². The van der Waals surface area contributed by atoms with Gasteiger partial charge >= 0.3 is 0 Å². The van der Waals surface area contributed by atoms with Gasteiger partial charge < -0.3 is 5.73 Å². The number of nitrogens with two attached hydrogens (primary N) is 1. The highest BCUT2D eigenvalue weighted by atomic mass is 32.2. The van der Waals surface area contributed by atoms with E-state index in [4.69, 9.17) is 5.73 Å². The van der Waals surface area contributed by atoms with Crippen molar-refractivity contribution in [2.75, 3.05) is 5.73 Å². The second kappa shape index (κ2) is 4.11. The van der Waals surface area contributed by atoms with E-state index in [1.807, 2.05) is 0 Å². The van der Waals surface area contributed by atoms with Crippen LogP contribution in [0.2, 0.25) is 0 Å². The van der Waals surface area contributed by atoms with Gasteiger partial charge in [-0.3, -0.25) is 0 Å². The third-order valence-electron chi connectivity index (χ3n) is 1.52. The van der Waals surface area contributed by atoms with E-state index in [1.54, 1.807) is 0 Å². The Kier molecular flexibility index (Phi) is 2.83. The molecule has 1 heterocycles. The van der Waals surface area contributed by atoms with Crippen LogP contribution in [0.4, 0.5) is 13.9 Å². The molecule has 0 saturated carbocycles. The summed E-state index contributed by atoms with van der Waals surface area (Å²) in [7, 11) is 0. The lowest BCUT2D eigenvalue weighted by Gasteiger charge is -1.98. The Labute approximate surface area is 92.5 Å². The summed E-state index contributed by atoms with van der Waals surface area (Å²) in [6, 6.07) is 3.34. The van der Waals surface area contributed by atoms with Crippen molar-refractivity contribution in [2.24, 2.45) is 0 Å². The monoisotopic (exact) mass is 245 g/mol. The molecule has 15 heavy (non-hydrogen) atoms. The smallest absolute Gasteiger partial charge is 0.206 e. The molecule has 2 aromatic rings. The fourth-order valence-corrected chi connectivity index (χ4v) is 2.21. The number of hydrogen-bond donors (Lipinski definition) is 1. The minimum atomic E-state index is -0.631. The Balaban J connectivity index is 2.24. The van der Waals surface area contributed by atoms with Crippen LogP contribution in [0.25, 0.3) is 0 Å². The minimum Gasteiger partial charge on any atom is -0.374 e. The highest BCUT2D eigenvalue weighted by Gasteiger charge is 2.08. The molecule has 0 fully saturated rings. The number of benzene rings is 1. The lowest BCUT2D eigenvalue weighted by molar-refractivity contribution is 0.565. The number of aromatic nitrogens is 2. The molecule has 0 aliphatic carbocycles. The van der Waals surface area contributed by atoms with E-state index in [-0.39, 0.29) is 4.90 Å². The molecule has 1 aromatic heterocycles. The molecular formula is C8H5F2N3S2. The van der Waals surface area contributed by atoms with Gasteiger partial charge in [0.2, 0.25) is 10.3 Å². The Morgan fingerprint density at radius 2 is 2.13 bits per heavy atom. The quantitative estimate of drug-likeness (QED) is 0.883. The van der Waals surface area contributed by atoms with Gasteiger partial charge in [0, 0.05) is 17.6 Å². The van der Waals surface area contributed by atoms with Crippen molar-refractivity contribution < 1.29 is 8.78 Å². The van der Waals surface area contributed by atoms with Crippen molar-refractivity contribution >= 4 is 28.4 Å². The first-order valence-corrected chi connectivity index (χ1v) is 5.46. The molecule has 0 saturated heterocycles. The second-order valence-electron chi connectivity index (χ2n) is 2.59. The number of anilines is 1. The average molecular weight is 245 g/mol. The Morgan fingerprint density at radius 1 is 1.33 bits per heavy atom. The van der Waals surface area contributed by atoms with E-state index >= 15 is 0 Å². The molecule has 1 aromatic carbocycles. The molecular weight excluding hydrogens is 240 g/mol. The molecule has 0 atom stereocenters. The van der Waals surface area contributed by atoms with Crippen molar-refractivity contribution in [3.8, 4) is 0 Å². The third kappa shape index (κ3) is 2.42. The Hall–Kier alpha value is -1.21. The van der Waals surface area contributed by atoms with Crippen molar-refractivity contribution in [3.05, 3.63) is 29.8 Å². The molecule has 0 radical (unpaired) electrons. The van der Waals surface area contributed by atoms with Crippen LogP contribution in [0.5, 0.6) is 0 Å². The summed E-state index contributed by atoms with van der Waals surface area (Å²) in [6.07, 6.45) is 0. The average Bonchev–Trinajstić information content (AvgIpc) is 2.56. The van der Waals surface area contributed by atoms with E-state index < -0.39 is 11.6 Å². The van der Waals surface area contributed by atoms with Crippen molar-refractivity contribution in [1.29, 1.82) is 0 Å². The number of hydrogen-bond acceptors (Lipinski definition) is 5. The largest absolute Gasteiger partial charge is 0.374 e. The molecule has 2 N–H and O–H groups in total. The van der Waals surface area contributed by atoms with Gasteiger partial charge in [-0.15, -0.1) is 0 Å². The van der Waals surface area contributed by atoms with Crippen LogP contribution in [-0.4, -0.2) is 9.36 Å². The van der Waals surface area contributed by atoms with Gasteiger partial charge in [-0.05, 0) is 23.9 Å². The van der Waals surface area contributed by atoms with Gasteiger partial charge in [0.15, 0.2) is 0 Å². The van der Waals surface area contributed by atoms with Crippen molar-refractivity contribution in [1.82, 2.24) is 9.36 Å². The van der Waals surface area contributed by atoms with Gasteiger partial charge in [0.25, 0.3) is 0 Å². The number of nitrogens with zero attached hydrogens (tertiary/aromatic N) is 2. The first-order valence-electron chi connectivity index (χ1n) is 3.87. The summed E-state index contributed by atoms with van der Waals surface area (Å²) in [5.74, 6) is -1.24. The lowest BCUT2D eigenvalue weighted by atomic mass is 10.3. The van der Waals surface area contributed by atoms with Crippen molar-refractivity contribution in [3.63, 3.8) is 0 Å². The van der Waals surface area contributed by atoms with E-state index in [2.05, 4.69) is 9.36 Å². The molecule has 0 spiro atoms. The summed E-state index contributed by atoms with van der Waals surface area (Å²) >= 11 is 2.04. The van der Waals surface area contributed by atoms with E-state index in [9.17, 15) is 8.78 Å². The van der Waals surface area contributed by atoms with Gasteiger partial charge in [0.1, 0.15) is 11.6 Å². The number of nitrogen functional groups attached to an aromatic ring is 1. The molecule has 78 valence electrons. The summed E-state index contributed by atoms with van der Waals surface area (Å²) < 4.78 is 29.7. The van der Waals surface area contributed by atoms with E-state index in [0.29, 0.717) is 10.3 Å². The molecule has 7 heteroatoms. The van der Waals surface area contributed by atoms with Crippen molar-refractivity contribution in [2.45, 2.75) is 10.1 Å². The first-order chi connectivity index (χ1) is 7.15. The maximum Gasteiger partial charge on any atom is 0.206 e. The van der Waals surface area contributed by atoms with E-state index in [0.717, 1.165) is 29.4 Å². The minimum absolute atomic E-state index is 0.272. The van der Waals surface area contributed by atoms with Crippen LogP contribution in [0.1, 0.15) is 0 Å². The molecule has 0 bridgehead atoms. The van der Waals surface area contributed by atoms with Gasteiger partial charge in [-0.1, -0.05) is 0 Å². The van der Waals surface area contributed by atoms with Crippen LogP contribution >= 0.6 is 23.3 Å².